The summed E-state index contributed by atoms with van der Waals surface area (Å²) in [7, 11) is -14.4. The summed E-state index contributed by atoms with van der Waals surface area (Å²) in [4.78, 5) is 35.5. The number of hydrogen-bond acceptors (Lipinski definition) is 20. The number of hydrogen-bond donors (Lipinski definition) is 6. The SMILES string of the molecule is CO[Si](CCCNS(=O)(=O)c1ccc2c(c1)-c1cc3[nH]c(cc4nc(cc5[nH]c(cc-2n1)c1ccc(S(=O)(=O)Nc2cc6cccnc6c6ncccc26)cc51)-c1cc(S(=O)(=O)Nc2cc5cccnc5c5ncccc25)ccc1-4)c1ccc(S(=O)(=O)NCCC[Si](OC)(OC)OC)cc31)(OC)OC. The van der Waals surface area contributed by atoms with E-state index in [0.717, 1.165) is 0 Å². The summed E-state index contributed by atoms with van der Waals surface area (Å²) < 4.78 is 162. The molecule has 530 valence electrons. The molecule has 0 spiro atoms. The molecule has 0 saturated heterocycles. The Bertz CT molecular complexity index is 6350. The molecular formula is C72H66N12O14S4Si2. The zero-order chi connectivity index (χ0) is 72.5. The van der Waals surface area contributed by atoms with Crippen molar-refractivity contribution >= 4 is 156 Å². The van der Waals surface area contributed by atoms with Crippen LogP contribution in [0.4, 0.5) is 11.4 Å². The third-order valence-corrected chi connectivity index (χ3v) is 30.1. The molecule has 9 heterocycles. The number of anilines is 2. The Morgan fingerprint density at radius 2 is 0.683 bits per heavy atom. The summed E-state index contributed by atoms with van der Waals surface area (Å²) in [5, 5.41) is 4.27. The van der Waals surface area contributed by atoms with Crippen molar-refractivity contribution in [1.82, 2.24) is 49.3 Å². The lowest BCUT2D eigenvalue weighted by atomic mass is 10.0. The van der Waals surface area contributed by atoms with Gasteiger partial charge in [0, 0.05) is 180 Å². The summed E-state index contributed by atoms with van der Waals surface area (Å²) in [6.07, 6.45) is 7.18. The molecule has 32 heteroatoms. The van der Waals surface area contributed by atoms with Crippen molar-refractivity contribution in [2.24, 2.45) is 0 Å². The molecule has 13 aromatic rings. The summed E-state index contributed by atoms with van der Waals surface area (Å²) in [6, 6.07) is 43.9. The molecular weight excluding hydrogens is 1440 g/mol. The lowest BCUT2D eigenvalue weighted by molar-refractivity contribution is 0.122. The monoisotopic (exact) mass is 1510 g/mol. The second-order valence-electron chi connectivity index (χ2n) is 24.7. The van der Waals surface area contributed by atoms with E-state index in [2.05, 4.69) is 48.8 Å². The molecule has 26 nitrogen and oxygen atoms in total. The van der Waals surface area contributed by atoms with Crippen molar-refractivity contribution in [2.75, 3.05) is 65.2 Å². The fraction of sp³-hybridized carbons (Fsp3) is 0.167. The predicted octanol–water partition coefficient (Wildman–Crippen LogP) is 12.2. The number of nitrogens with one attached hydrogen (secondary N) is 6. The van der Waals surface area contributed by atoms with Gasteiger partial charge in [0.25, 0.3) is 20.0 Å². The van der Waals surface area contributed by atoms with Gasteiger partial charge in [0.1, 0.15) is 0 Å². The van der Waals surface area contributed by atoms with Crippen LogP contribution in [0.15, 0.2) is 202 Å². The van der Waals surface area contributed by atoms with Gasteiger partial charge in [0.05, 0.1) is 75.8 Å². The highest BCUT2D eigenvalue weighted by Crippen LogP contribution is 2.44. The molecule has 6 aromatic carbocycles. The Labute approximate surface area is 599 Å². The van der Waals surface area contributed by atoms with Gasteiger partial charge in [-0.15, -0.1) is 0 Å². The third-order valence-electron chi connectivity index (χ3n) is 18.8. The molecule has 0 fully saturated rings. The Kier molecular flexibility index (Phi) is 18.3. The van der Waals surface area contributed by atoms with Crippen molar-refractivity contribution in [2.45, 2.75) is 44.5 Å². The number of fused-ring (bicyclic) bond motifs is 26. The molecule has 2 aliphatic rings. The third kappa shape index (κ3) is 12.8. The van der Waals surface area contributed by atoms with E-state index in [9.17, 15) is 16.8 Å². The number of aromatic amines is 2. The number of nitrogens with zero attached hydrogens (tertiary/aromatic N) is 6. The lowest BCUT2D eigenvalue weighted by Gasteiger charge is -2.24. The molecule has 104 heavy (non-hydrogen) atoms. The minimum Gasteiger partial charge on any atom is -0.377 e. The van der Waals surface area contributed by atoms with E-state index in [4.69, 9.17) is 36.5 Å². The summed E-state index contributed by atoms with van der Waals surface area (Å²) in [6.45, 7) is 0.0421. The Morgan fingerprint density at radius 1 is 0.346 bits per heavy atom. The van der Waals surface area contributed by atoms with Crippen molar-refractivity contribution in [3.05, 3.63) is 183 Å². The summed E-state index contributed by atoms with van der Waals surface area (Å²) in [5.41, 5.74) is 7.43. The minimum atomic E-state index is -4.41. The molecule has 15 rings (SSSR count). The van der Waals surface area contributed by atoms with E-state index in [1.165, 1.54) is 85.1 Å². The highest BCUT2D eigenvalue weighted by Gasteiger charge is 2.38. The van der Waals surface area contributed by atoms with Gasteiger partial charge in [0.2, 0.25) is 20.0 Å². The summed E-state index contributed by atoms with van der Waals surface area (Å²) >= 11 is 0. The van der Waals surface area contributed by atoms with Gasteiger partial charge in [-0.2, -0.15) is 0 Å². The van der Waals surface area contributed by atoms with Gasteiger partial charge in [-0.05, 0) is 134 Å². The number of sulfonamides is 4. The van der Waals surface area contributed by atoms with Gasteiger partial charge in [-0.1, -0.05) is 36.4 Å². The van der Waals surface area contributed by atoms with Gasteiger partial charge < -0.3 is 36.5 Å². The minimum absolute atomic E-state index is 0.0204. The van der Waals surface area contributed by atoms with Crippen LogP contribution < -0.4 is 18.9 Å². The van der Waals surface area contributed by atoms with Crippen molar-refractivity contribution < 1.29 is 60.2 Å². The van der Waals surface area contributed by atoms with E-state index in [-0.39, 0.29) is 55.4 Å². The van der Waals surface area contributed by atoms with Crippen molar-refractivity contribution in [3.63, 3.8) is 0 Å². The molecule has 8 bridgehead atoms. The number of pyridine rings is 4. The molecule has 0 amide bonds. The molecule has 0 unspecified atom stereocenters. The quantitative estimate of drug-likeness (QED) is 0.0186. The van der Waals surface area contributed by atoms with Crippen LogP contribution in [0.25, 0.3) is 132 Å². The van der Waals surface area contributed by atoms with Crippen LogP contribution >= 0.6 is 0 Å². The van der Waals surface area contributed by atoms with Gasteiger partial charge in [-0.25, -0.2) is 53.1 Å². The first kappa shape index (κ1) is 69.8. The second kappa shape index (κ2) is 27.3. The highest BCUT2D eigenvalue weighted by molar-refractivity contribution is 7.93. The van der Waals surface area contributed by atoms with Crippen LogP contribution in [0.1, 0.15) is 12.8 Å². The maximum Gasteiger partial charge on any atom is 0.500 e. The van der Waals surface area contributed by atoms with E-state index in [0.29, 0.717) is 146 Å². The largest absolute Gasteiger partial charge is 0.500 e. The van der Waals surface area contributed by atoms with Crippen LogP contribution in [0.2, 0.25) is 12.1 Å². The zero-order valence-electron chi connectivity index (χ0n) is 56.6. The van der Waals surface area contributed by atoms with E-state index in [1.54, 1.807) is 128 Å². The van der Waals surface area contributed by atoms with Crippen LogP contribution in [0.3, 0.4) is 0 Å². The number of aromatic nitrogens is 8. The van der Waals surface area contributed by atoms with Crippen LogP contribution in [-0.4, -0.2) is 147 Å². The first-order valence-corrected chi connectivity index (χ1v) is 42.4. The normalized spacial score (nSPS) is 13.0. The maximum absolute atomic E-state index is 15.0. The molecule has 0 atom stereocenters. The summed E-state index contributed by atoms with van der Waals surface area (Å²) in [5.74, 6) is 0. The van der Waals surface area contributed by atoms with Gasteiger partial charge in [-0.3, -0.25) is 29.4 Å². The van der Waals surface area contributed by atoms with Crippen LogP contribution in [0, 0.1) is 0 Å². The number of H-pyrrole nitrogens is 2. The van der Waals surface area contributed by atoms with Gasteiger partial charge in [0.15, 0.2) is 0 Å². The first-order chi connectivity index (χ1) is 50.1. The van der Waals surface area contributed by atoms with Crippen LogP contribution in [0.5, 0.6) is 0 Å². The van der Waals surface area contributed by atoms with E-state index in [1.807, 2.05) is 12.1 Å². The fourth-order valence-corrected chi connectivity index (χ4v) is 21.3. The molecule has 0 radical (unpaired) electrons. The molecule has 0 aliphatic carbocycles. The smallest absolute Gasteiger partial charge is 0.377 e. The highest BCUT2D eigenvalue weighted by atomic mass is 32.2. The standard InChI is InChI=1S/C72H66N12O14S4Si2/c1-93-103(94-2,95-3)31-11-29-77-99(85,86)45-17-21-49-55(35-45)63-41-64-56-36-46(100(87,88)78-30-12-32-104(96-4,97-5)98-6)18-22-50(56)60(80-64)40-62-52-24-20-48(102(91,92)84-68-34-44-14-8-26-74-70(44)72-54(68)16-10-28-76-72)38-58(52)66(82-62)42-65-57-37-47(19-23-51(57)61(81-65)39-59(49)79-63)101(89,90)83-67-33-43-13-7-25-73-69(43)71-53(67)15-9-27-75-71/h7-10,13-28,33-42,77-79,82-84H,11-12,29-32H2,1-6H3. The average molecular weight is 1510 g/mol. The van der Waals surface area contributed by atoms with E-state index < -0.39 is 57.7 Å². The Morgan fingerprint density at radius 3 is 1.09 bits per heavy atom. The molecule has 0 saturated carbocycles. The fourth-order valence-electron chi connectivity index (χ4n) is 13.5. The molecule has 2 aliphatic heterocycles. The molecule has 7 aromatic heterocycles. The second-order valence-corrected chi connectivity index (χ2v) is 37.8. The first-order valence-electron chi connectivity index (χ1n) is 32.6. The lowest BCUT2D eigenvalue weighted by Crippen LogP contribution is -2.43. The zero-order valence-corrected chi connectivity index (χ0v) is 61.9. The Hall–Kier alpha value is -9.89. The van der Waals surface area contributed by atoms with E-state index >= 15 is 16.8 Å². The maximum atomic E-state index is 15.0. The van der Waals surface area contributed by atoms with Crippen molar-refractivity contribution in [3.8, 4) is 45.0 Å². The number of rotatable bonds is 24. The van der Waals surface area contributed by atoms with Gasteiger partial charge >= 0.3 is 17.6 Å². The Balaban J connectivity index is 0.934. The topological polar surface area (TPSA) is 349 Å². The average Bonchev–Trinajstić information content (AvgIpc) is 1.27. The predicted molar refractivity (Wildman–Crippen MR) is 403 cm³/mol. The number of benzene rings is 6. The van der Waals surface area contributed by atoms with Crippen LogP contribution in [-0.2, 0) is 66.6 Å². The van der Waals surface area contributed by atoms with Crippen molar-refractivity contribution in [1.29, 1.82) is 0 Å². The molecule has 6 N–H and O–H groups in total.